The largest absolute Gasteiger partial charge is 0.483 e. The van der Waals surface area contributed by atoms with Crippen LogP contribution in [0.4, 0.5) is 5.69 Å². The second-order valence-electron chi connectivity index (χ2n) is 8.14. The van der Waals surface area contributed by atoms with E-state index in [4.69, 9.17) is 9.47 Å². The molecule has 34 heavy (non-hydrogen) atoms. The molecule has 1 aliphatic rings. The van der Waals surface area contributed by atoms with Crippen LogP contribution in [0.2, 0.25) is 0 Å². The molecule has 0 atom stereocenters. The first kappa shape index (κ1) is 23.8. The molecule has 0 aromatic heterocycles. The van der Waals surface area contributed by atoms with E-state index in [1.54, 1.807) is 37.3 Å². The molecule has 178 valence electrons. The van der Waals surface area contributed by atoms with Gasteiger partial charge in [0.15, 0.2) is 12.4 Å². The number of hydrogen-bond donors (Lipinski definition) is 1. The molecule has 0 aliphatic carbocycles. The predicted octanol–water partition coefficient (Wildman–Crippen LogP) is 4.98. The van der Waals surface area contributed by atoms with Gasteiger partial charge in [-0.05, 0) is 67.8 Å². The van der Waals surface area contributed by atoms with Crippen molar-refractivity contribution in [2.45, 2.75) is 31.1 Å². The number of para-hydroxylation sites is 3. The quantitative estimate of drug-likeness (QED) is 0.492. The Kier molecular flexibility index (Phi) is 7.49. The molecule has 0 saturated carbocycles. The zero-order valence-electron chi connectivity index (χ0n) is 19.1. The highest BCUT2D eigenvalue weighted by Crippen LogP contribution is 2.29. The summed E-state index contributed by atoms with van der Waals surface area (Å²) in [5.41, 5.74) is 1.18. The Morgan fingerprint density at radius 1 is 0.912 bits per heavy atom. The van der Waals surface area contributed by atoms with E-state index in [0.717, 1.165) is 19.3 Å². The molecule has 1 saturated heterocycles. The topological polar surface area (TPSA) is 84.9 Å². The van der Waals surface area contributed by atoms with Gasteiger partial charge in [0.2, 0.25) is 10.0 Å². The van der Waals surface area contributed by atoms with E-state index >= 15 is 0 Å². The minimum atomic E-state index is -3.52. The van der Waals surface area contributed by atoms with Crippen LogP contribution < -0.4 is 14.8 Å². The van der Waals surface area contributed by atoms with Crippen molar-refractivity contribution in [1.82, 2.24) is 4.31 Å². The number of amides is 1. The maximum absolute atomic E-state index is 12.9. The molecule has 0 unspecified atom stereocenters. The Morgan fingerprint density at radius 3 is 2.35 bits per heavy atom. The van der Waals surface area contributed by atoms with Gasteiger partial charge in [0.1, 0.15) is 11.5 Å². The maximum Gasteiger partial charge on any atom is 0.262 e. The van der Waals surface area contributed by atoms with Crippen LogP contribution >= 0.6 is 0 Å². The number of aryl methyl sites for hydroxylation is 1. The first-order chi connectivity index (χ1) is 16.4. The van der Waals surface area contributed by atoms with Gasteiger partial charge in [-0.2, -0.15) is 4.31 Å². The summed E-state index contributed by atoms with van der Waals surface area (Å²) in [6, 6.07) is 21.2. The number of ether oxygens (including phenoxy) is 2. The Hall–Kier alpha value is -3.36. The van der Waals surface area contributed by atoms with Gasteiger partial charge in [0.25, 0.3) is 5.91 Å². The molecule has 4 rings (SSSR count). The van der Waals surface area contributed by atoms with Gasteiger partial charge < -0.3 is 14.8 Å². The molecule has 7 nitrogen and oxygen atoms in total. The summed E-state index contributed by atoms with van der Waals surface area (Å²) in [5.74, 6) is 1.29. The molecule has 0 bridgehead atoms. The first-order valence-corrected chi connectivity index (χ1v) is 12.7. The molecule has 1 amide bonds. The fourth-order valence-corrected chi connectivity index (χ4v) is 5.41. The minimum Gasteiger partial charge on any atom is -0.483 e. The van der Waals surface area contributed by atoms with Crippen LogP contribution in [-0.4, -0.2) is 38.3 Å². The third-order valence-electron chi connectivity index (χ3n) is 5.59. The van der Waals surface area contributed by atoms with Gasteiger partial charge in [0, 0.05) is 13.1 Å². The van der Waals surface area contributed by atoms with E-state index in [1.807, 2.05) is 36.4 Å². The van der Waals surface area contributed by atoms with Gasteiger partial charge >= 0.3 is 0 Å². The van der Waals surface area contributed by atoms with Crippen molar-refractivity contribution in [1.29, 1.82) is 0 Å². The standard InChI is InChI=1S/C26H28N2O5S/c1-20-18-22(34(30,31)28-16-8-3-9-17-28)14-15-24(20)32-19-26(29)27-23-12-6-7-13-25(23)33-21-10-4-2-5-11-21/h2,4-7,10-15,18H,3,8-9,16-17,19H2,1H3,(H,27,29). The highest BCUT2D eigenvalue weighted by Gasteiger charge is 2.26. The normalized spacial score (nSPS) is 14.4. The molecule has 1 fully saturated rings. The lowest BCUT2D eigenvalue weighted by atomic mass is 10.2. The van der Waals surface area contributed by atoms with E-state index in [1.165, 1.54) is 10.4 Å². The lowest BCUT2D eigenvalue weighted by Gasteiger charge is -2.26. The van der Waals surface area contributed by atoms with Gasteiger partial charge in [-0.3, -0.25) is 4.79 Å². The van der Waals surface area contributed by atoms with E-state index in [0.29, 0.717) is 41.6 Å². The number of nitrogens with zero attached hydrogens (tertiary/aromatic N) is 1. The fourth-order valence-electron chi connectivity index (χ4n) is 3.80. The van der Waals surface area contributed by atoms with Crippen molar-refractivity contribution >= 4 is 21.6 Å². The highest BCUT2D eigenvalue weighted by atomic mass is 32.2. The number of rotatable bonds is 8. The molecule has 3 aromatic carbocycles. The van der Waals surface area contributed by atoms with Gasteiger partial charge in [-0.15, -0.1) is 0 Å². The molecule has 8 heteroatoms. The monoisotopic (exact) mass is 480 g/mol. The summed E-state index contributed by atoms with van der Waals surface area (Å²) in [6.07, 6.45) is 2.82. The summed E-state index contributed by atoms with van der Waals surface area (Å²) < 4.78 is 38.9. The molecule has 0 radical (unpaired) electrons. The number of carbonyl (C=O) groups is 1. The molecule has 1 aliphatic heterocycles. The van der Waals surface area contributed by atoms with E-state index < -0.39 is 10.0 Å². The van der Waals surface area contributed by atoms with Crippen LogP contribution in [0.1, 0.15) is 24.8 Å². The first-order valence-electron chi connectivity index (χ1n) is 11.3. The second-order valence-corrected chi connectivity index (χ2v) is 10.1. The SMILES string of the molecule is Cc1cc(S(=O)(=O)N2CCCCC2)ccc1OCC(=O)Nc1ccccc1Oc1ccccc1. The van der Waals surface area contributed by atoms with Crippen molar-refractivity contribution in [3.8, 4) is 17.2 Å². The number of hydrogen-bond acceptors (Lipinski definition) is 5. The molecule has 1 heterocycles. The number of anilines is 1. The molecule has 3 aromatic rings. The van der Waals surface area contributed by atoms with Gasteiger partial charge in [-0.25, -0.2) is 8.42 Å². The van der Waals surface area contributed by atoms with Gasteiger partial charge in [0.05, 0.1) is 10.6 Å². The fraction of sp³-hybridized carbons (Fsp3) is 0.269. The average molecular weight is 481 g/mol. The second kappa shape index (κ2) is 10.7. The van der Waals surface area contributed by atoms with Crippen LogP contribution in [0.25, 0.3) is 0 Å². The summed E-state index contributed by atoms with van der Waals surface area (Å²) in [4.78, 5) is 12.8. The Labute approximate surface area is 200 Å². The zero-order valence-corrected chi connectivity index (χ0v) is 19.9. The molecular weight excluding hydrogens is 452 g/mol. The predicted molar refractivity (Wildman–Crippen MR) is 131 cm³/mol. The van der Waals surface area contributed by atoms with Crippen LogP contribution in [0.15, 0.2) is 77.7 Å². The highest BCUT2D eigenvalue weighted by molar-refractivity contribution is 7.89. The van der Waals surface area contributed by atoms with E-state index in [2.05, 4.69) is 5.32 Å². The van der Waals surface area contributed by atoms with Crippen molar-refractivity contribution < 1.29 is 22.7 Å². The Morgan fingerprint density at radius 2 is 1.62 bits per heavy atom. The van der Waals surface area contributed by atoms with Crippen molar-refractivity contribution in [3.63, 3.8) is 0 Å². The van der Waals surface area contributed by atoms with Crippen molar-refractivity contribution in [3.05, 3.63) is 78.4 Å². The number of sulfonamides is 1. The zero-order chi connectivity index (χ0) is 24.0. The van der Waals surface area contributed by atoms with Gasteiger partial charge in [-0.1, -0.05) is 36.8 Å². The lowest BCUT2D eigenvalue weighted by Crippen LogP contribution is -2.35. The summed E-state index contributed by atoms with van der Waals surface area (Å²) in [6.45, 7) is 2.65. The van der Waals surface area contributed by atoms with Crippen molar-refractivity contribution in [2.75, 3.05) is 25.0 Å². The number of benzene rings is 3. The average Bonchev–Trinajstić information content (AvgIpc) is 2.85. The number of piperidine rings is 1. The van der Waals surface area contributed by atoms with Crippen LogP contribution in [-0.2, 0) is 14.8 Å². The summed E-state index contributed by atoms with van der Waals surface area (Å²) >= 11 is 0. The third-order valence-corrected chi connectivity index (χ3v) is 7.48. The minimum absolute atomic E-state index is 0.223. The lowest BCUT2D eigenvalue weighted by molar-refractivity contribution is -0.118. The number of carbonyl (C=O) groups excluding carboxylic acids is 1. The van der Waals surface area contributed by atoms with E-state index in [9.17, 15) is 13.2 Å². The molecule has 1 N–H and O–H groups in total. The van der Waals surface area contributed by atoms with Crippen molar-refractivity contribution in [2.24, 2.45) is 0 Å². The van der Waals surface area contributed by atoms with E-state index in [-0.39, 0.29) is 17.4 Å². The third kappa shape index (κ3) is 5.76. The molecular formula is C26H28N2O5S. The summed E-state index contributed by atoms with van der Waals surface area (Å²) in [7, 11) is -3.52. The van der Waals surface area contributed by atoms with Crippen LogP contribution in [0.5, 0.6) is 17.2 Å². The Bertz CT molecular complexity index is 1240. The number of nitrogens with one attached hydrogen (secondary N) is 1. The maximum atomic E-state index is 12.9. The summed E-state index contributed by atoms with van der Waals surface area (Å²) in [5, 5.41) is 2.81. The van der Waals surface area contributed by atoms with Crippen LogP contribution in [0.3, 0.4) is 0 Å². The Balaban J connectivity index is 1.38. The van der Waals surface area contributed by atoms with Crippen LogP contribution in [0, 0.1) is 6.92 Å². The smallest absolute Gasteiger partial charge is 0.262 e. The molecule has 0 spiro atoms.